The van der Waals surface area contributed by atoms with Crippen molar-refractivity contribution in [1.82, 2.24) is 9.97 Å². The number of carbonyl (C=O) groups is 1. The number of fused-ring (bicyclic) bond motifs is 1. The number of nitrogens with zero attached hydrogens (tertiary/aromatic N) is 2. The fourth-order valence-corrected chi connectivity index (χ4v) is 3.08. The van der Waals surface area contributed by atoms with Gasteiger partial charge in [-0.05, 0) is 74.4 Å². The van der Waals surface area contributed by atoms with Gasteiger partial charge in [0.2, 0.25) is 0 Å². The highest BCUT2D eigenvalue weighted by Crippen LogP contribution is 2.31. The third-order valence-electron chi connectivity index (χ3n) is 4.26. The highest BCUT2D eigenvalue weighted by Gasteiger charge is 2.19. The van der Waals surface area contributed by atoms with Crippen LogP contribution in [-0.4, -0.2) is 22.5 Å². The molecule has 0 spiro atoms. The van der Waals surface area contributed by atoms with Gasteiger partial charge in [-0.1, -0.05) is 6.07 Å². The van der Waals surface area contributed by atoms with Crippen molar-refractivity contribution in [2.45, 2.75) is 39.5 Å². The molecule has 2 aromatic rings. The minimum atomic E-state index is -0.285. The van der Waals surface area contributed by atoms with E-state index < -0.39 is 0 Å². The van der Waals surface area contributed by atoms with Gasteiger partial charge in [0.15, 0.2) is 0 Å². The van der Waals surface area contributed by atoms with Crippen LogP contribution in [0.25, 0.3) is 11.6 Å². The molecular formula is C20H22N2O2. The standard InChI is InChI=1S/C20H22N2O2/c1-3-24-20(23)18-12-17-9-5-4-8-16(19(17)22-14(18)2)11-15-7-6-10-21-13-15/h6-7,10-13H,3-5,8-9H2,1-2H3. The van der Waals surface area contributed by atoms with Crippen molar-refractivity contribution in [3.05, 3.63) is 58.7 Å². The van der Waals surface area contributed by atoms with Crippen LogP contribution in [0.2, 0.25) is 0 Å². The Morgan fingerprint density at radius 2 is 2.17 bits per heavy atom. The molecule has 3 rings (SSSR count). The van der Waals surface area contributed by atoms with E-state index in [1.54, 1.807) is 6.20 Å². The van der Waals surface area contributed by atoms with Crippen molar-refractivity contribution in [2.24, 2.45) is 0 Å². The third kappa shape index (κ3) is 3.53. The summed E-state index contributed by atoms with van der Waals surface area (Å²) in [6, 6.07) is 5.95. The molecule has 0 N–H and O–H groups in total. The first-order valence-electron chi connectivity index (χ1n) is 8.47. The number of carbonyl (C=O) groups excluding carboxylic acids is 1. The SMILES string of the molecule is CCOC(=O)c1cc2c(nc1C)C(=Cc1cccnc1)CCCC2. The zero-order chi connectivity index (χ0) is 16.9. The van der Waals surface area contributed by atoms with Crippen molar-refractivity contribution in [2.75, 3.05) is 6.61 Å². The average Bonchev–Trinajstić information content (AvgIpc) is 2.77. The molecular weight excluding hydrogens is 300 g/mol. The lowest BCUT2D eigenvalue weighted by Crippen LogP contribution is -2.10. The molecule has 0 atom stereocenters. The molecule has 0 bridgehead atoms. The van der Waals surface area contributed by atoms with Gasteiger partial charge in [0.25, 0.3) is 0 Å². The van der Waals surface area contributed by atoms with Crippen LogP contribution in [0.15, 0.2) is 30.6 Å². The van der Waals surface area contributed by atoms with Crippen LogP contribution >= 0.6 is 0 Å². The van der Waals surface area contributed by atoms with Crippen LogP contribution in [0.5, 0.6) is 0 Å². The van der Waals surface area contributed by atoms with Crippen LogP contribution in [0.3, 0.4) is 0 Å². The Balaban J connectivity index is 2.05. The Morgan fingerprint density at radius 1 is 1.33 bits per heavy atom. The zero-order valence-electron chi connectivity index (χ0n) is 14.2. The molecule has 4 heteroatoms. The molecule has 0 saturated carbocycles. The van der Waals surface area contributed by atoms with E-state index in [2.05, 4.69) is 11.1 Å². The molecule has 4 nitrogen and oxygen atoms in total. The second-order valence-corrected chi connectivity index (χ2v) is 6.01. The minimum absolute atomic E-state index is 0.285. The van der Waals surface area contributed by atoms with Crippen LogP contribution in [0.1, 0.15) is 59.1 Å². The third-order valence-corrected chi connectivity index (χ3v) is 4.26. The fourth-order valence-electron chi connectivity index (χ4n) is 3.08. The van der Waals surface area contributed by atoms with E-state index in [-0.39, 0.29) is 5.97 Å². The minimum Gasteiger partial charge on any atom is -0.462 e. The Bertz CT molecular complexity index is 767. The summed E-state index contributed by atoms with van der Waals surface area (Å²) >= 11 is 0. The molecule has 24 heavy (non-hydrogen) atoms. The summed E-state index contributed by atoms with van der Waals surface area (Å²) in [6.45, 7) is 4.07. The smallest absolute Gasteiger partial charge is 0.339 e. The maximum Gasteiger partial charge on any atom is 0.339 e. The van der Waals surface area contributed by atoms with Gasteiger partial charge in [-0.2, -0.15) is 0 Å². The molecule has 124 valence electrons. The first-order valence-corrected chi connectivity index (χ1v) is 8.47. The number of aryl methyl sites for hydroxylation is 2. The molecule has 0 radical (unpaired) electrons. The van der Waals surface area contributed by atoms with Gasteiger partial charge in [0.1, 0.15) is 0 Å². The van der Waals surface area contributed by atoms with E-state index in [1.807, 2.05) is 38.2 Å². The van der Waals surface area contributed by atoms with Crippen LogP contribution < -0.4 is 0 Å². The predicted molar refractivity (Wildman–Crippen MR) is 94.6 cm³/mol. The number of hydrogen-bond acceptors (Lipinski definition) is 4. The molecule has 0 saturated heterocycles. The van der Waals surface area contributed by atoms with Gasteiger partial charge in [-0.3, -0.25) is 9.97 Å². The van der Waals surface area contributed by atoms with E-state index in [4.69, 9.17) is 9.72 Å². The number of rotatable bonds is 3. The van der Waals surface area contributed by atoms with Gasteiger partial charge in [0, 0.05) is 12.4 Å². The van der Waals surface area contributed by atoms with Gasteiger partial charge in [0.05, 0.1) is 23.6 Å². The molecule has 2 heterocycles. The Morgan fingerprint density at radius 3 is 2.92 bits per heavy atom. The summed E-state index contributed by atoms with van der Waals surface area (Å²) in [6.07, 6.45) is 9.95. The average molecular weight is 322 g/mol. The maximum absolute atomic E-state index is 12.1. The van der Waals surface area contributed by atoms with E-state index in [1.165, 1.54) is 5.57 Å². The molecule has 0 unspecified atom stereocenters. The molecule has 2 aromatic heterocycles. The monoisotopic (exact) mass is 322 g/mol. The van der Waals surface area contributed by atoms with Crippen molar-refractivity contribution in [3.63, 3.8) is 0 Å². The zero-order valence-corrected chi connectivity index (χ0v) is 14.2. The maximum atomic E-state index is 12.1. The lowest BCUT2D eigenvalue weighted by Gasteiger charge is -2.13. The van der Waals surface area contributed by atoms with E-state index in [9.17, 15) is 4.79 Å². The van der Waals surface area contributed by atoms with Crippen LogP contribution in [0, 0.1) is 6.92 Å². The van der Waals surface area contributed by atoms with Crippen molar-refractivity contribution in [3.8, 4) is 0 Å². The first kappa shape index (κ1) is 16.4. The van der Waals surface area contributed by atoms with E-state index >= 15 is 0 Å². The topological polar surface area (TPSA) is 52.1 Å². The summed E-state index contributed by atoms with van der Waals surface area (Å²) < 4.78 is 5.15. The number of pyridine rings is 2. The lowest BCUT2D eigenvalue weighted by molar-refractivity contribution is 0.0525. The number of allylic oxidation sites excluding steroid dienone is 1. The van der Waals surface area contributed by atoms with Crippen LogP contribution in [-0.2, 0) is 11.2 Å². The highest BCUT2D eigenvalue weighted by molar-refractivity contribution is 5.92. The number of ether oxygens (including phenoxy) is 1. The largest absolute Gasteiger partial charge is 0.462 e. The molecule has 0 amide bonds. The molecule has 1 aliphatic rings. The van der Waals surface area contributed by atoms with Gasteiger partial charge in [-0.25, -0.2) is 4.79 Å². The molecule has 0 fully saturated rings. The summed E-state index contributed by atoms with van der Waals surface area (Å²) in [5.41, 5.74) is 5.76. The summed E-state index contributed by atoms with van der Waals surface area (Å²) in [5.74, 6) is -0.285. The lowest BCUT2D eigenvalue weighted by atomic mass is 9.99. The van der Waals surface area contributed by atoms with Crippen molar-refractivity contribution < 1.29 is 9.53 Å². The fraction of sp³-hybridized carbons (Fsp3) is 0.350. The van der Waals surface area contributed by atoms with Gasteiger partial charge in [-0.15, -0.1) is 0 Å². The quantitative estimate of drug-likeness (QED) is 0.627. The van der Waals surface area contributed by atoms with Crippen LogP contribution in [0.4, 0.5) is 0 Å². The second-order valence-electron chi connectivity index (χ2n) is 6.01. The number of esters is 1. The van der Waals surface area contributed by atoms with Gasteiger partial charge >= 0.3 is 5.97 Å². The summed E-state index contributed by atoms with van der Waals surface area (Å²) in [5, 5.41) is 0. The van der Waals surface area contributed by atoms with E-state index in [0.717, 1.165) is 48.2 Å². The summed E-state index contributed by atoms with van der Waals surface area (Å²) in [4.78, 5) is 21.1. The molecule has 1 aliphatic carbocycles. The second kappa shape index (κ2) is 7.39. The number of hydrogen-bond donors (Lipinski definition) is 0. The van der Waals surface area contributed by atoms with Gasteiger partial charge < -0.3 is 4.74 Å². The normalized spacial score (nSPS) is 15.7. The van der Waals surface area contributed by atoms with Crippen molar-refractivity contribution >= 4 is 17.6 Å². The predicted octanol–water partition coefficient (Wildman–Crippen LogP) is 4.23. The van der Waals surface area contributed by atoms with E-state index in [0.29, 0.717) is 12.2 Å². The molecule has 0 aliphatic heterocycles. The first-order chi connectivity index (χ1) is 11.7. The van der Waals surface area contributed by atoms with Crippen molar-refractivity contribution in [1.29, 1.82) is 0 Å². The number of aromatic nitrogens is 2. The summed E-state index contributed by atoms with van der Waals surface area (Å²) in [7, 11) is 0. The molecule has 0 aromatic carbocycles. The Labute approximate surface area is 142 Å². The highest BCUT2D eigenvalue weighted by atomic mass is 16.5. The Hall–Kier alpha value is -2.49. The Kier molecular flexibility index (Phi) is 5.04.